The van der Waals surface area contributed by atoms with Crippen LogP contribution in [0.2, 0.25) is 0 Å². The summed E-state index contributed by atoms with van der Waals surface area (Å²) < 4.78 is 1.74. The lowest BCUT2D eigenvalue weighted by molar-refractivity contribution is 0.102. The molecule has 0 bridgehead atoms. The van der Waals surface area contributed by atoms with Gasteiger partial charge < -0.3 is 10.2 Å². The molecule has 1 saturated heterocycles. The Kier molecular flexibility index (Phi) is 6.41. The molecule has 1 aliphatic rings. The summed E-state index contributed by atoms with van der Waals surface area (Å²) >= 11 is 0. The minimum absolute atomic E-state index is 0.208. The molecule has 0 aromatic carbocycles. The van der Waals surface area contributed by atoms with Crippen molar-refractivity contribution in [2.24, 2.45) is 13.0 Å². The van der Waals surface area contributed by atoms with Crippen LogP contribution in [0.5, 0.6) is 0 Å². The minimum atomic E-state index is -0.208. The number of aryl methyl sites for hydroxylation is 1. The molecule has 9 nitrogen and oxygen atoms in total. The minimum Gasteiger partial charge on any atom is -0.354 e. The third-order valence-electron chi connectivity index (χ3n) is 6.17. The Balaban J connectivity index is 1.29. The molecule has 180 valence electrons. The lowest BCUT2D eigenvalue weighted by Gasteiger charge is -2.36. The molecule has 1 N–H and O–H groups in total. The Labute approximate surface area is 204 Å². The van der Waals surface area contributed by atoms with Crippen LogP contribution < -0.4 is 10.2 Å². The van der Waals surface area contributed by atoms with Crippen molar-refractivity contribution in [2.45, 2.75) is 13.8 Å². The second kappa shape index (κ2) is 9.79. The van der Waals surface area contributed by atoms with E-state index in [1.54, 1.807) is 35.5 Å². The van der Waals surface area contributed by atoms with Gasteiger partial charge in [-0.25, -0.2) is 9.97 Å². The number of nitrogens with one attached hydrogen (secondary N) is 1. The molecule has 1 fully saturated rings. The maximum absolute atomic E-state index is 13.0. The number of carbonyl (C=O) groups is 1. The number of nitrogens with zero attached hydrogens (tertiary/aromatic N) is 7. The average molecular weight is 471 g/mol. The number of fused-ring (bicyclic) bond motifs is 1. The van der Waals surface area contributed by atoms with Crippen molar-refractivity contribution in [3.63, 3.8) is 0 Å². The van der Waals surface area contributed by atoms with Gasteiger partial charge in [0.05, 0.1) is 11.9 Å². The van der Waals surface area contributed by atoms with Gasteiger partial charge >= 0.3 is 0 Å². The van der Waals surface area contributed by atoms with Crippen molar-refractivity contribution in [2.75, 3.05) is 42.9 Å². The largest absolute Gasteiger partial charge is 0.354 e. The Morgan fingerprint density at radius 2 is 1.80 bits per heavy atom. The van der Waals surface area contributed by atoms with Crippen LogP contribution in [-0.2, 0) is 7.05 Å². The quantitative estimate of drug-likeness (QED) is 0.461. The summed E-state index contributed by atoms with van der Waals surface area (Å²) in [7, 11) is 1.87. The summed E-state index contributed by atoms with van der Waals surface area (Å²) in [6.07, 6.45) is 8.91. The maximum Gasteiger partial charge on any atom is 0.257 e. The molecular formula is C26H30N8O. The molecule has 1 amide bonds. The smallest absolute Gasteiger partial charge is 0.257 e. The van der Waals surface area contributed by atoms with Crippen LogP contribution in [0, 0.1) is 5.92 Å². The van der Waals surface area contributed by atoms with Crippen molar-refractivity contribution in [1.82, 2.24) is 29.6 Å². The van der Waals surface area contributed by atoms with Crippen molar-refractivity contribution in [3.8, 4) is 11.3 Å². The summed E-state index contributed by atoms with van der Waals surface area (Å²) in [5.41, 5.74) is 2.32. The summed E-state index contributed by atoms with van der Waals surface area (Å²) in [5.74, 6) is 1.78. The van der Waals surface area contributed by atoms with Gasteiger partial charge in [-0.2, -0.15) is 5.10 Å². The van der Waals surface area contributed by atoms with Gasteiger partial charge in [-0.1, -0.05) is 13.8 Å². The maximum atomic E-state index is 13.0. The lowest BCUT2D eigenvalue weighted by Crippen LogP contribution is -2.47. The van der Waals surface area contributed by atoms with Crippen LogP contribution in [0.3, 0.4) is 0 Å². The first-order valence-corrected chi connectivity index (χ1v) is 11.9. The van der Waals surface area contributed by atoms with E-state index in [2.05, 4.69) is 49.0 Å². The molecule has 0 radical (unpaired) electrons. The summed E-state index contributed by atoms with van der Waals surface area (Å²) in [4.78, 5) is 31.2. The van der Waals surface area contributed by atoms with Gasteiger partial charge in [-0.15, -0.1) is 0 Å². The molecule has 0 unspecified atom stereocenters. The molecule has 35 heavy (non-hydrogen) atoms. The molecular weight excluding hydrogens is 440 g/mol. The predicted molar refractivity (Wildman–Crippen MR) is 137 cm³/mol. The molecule has 5 rings (SSSR count). The van der Waals surface area contributed by atoms with Crippen LogP contribution in [0.25, 0.3) is 22.0 Å². The van der Waals surface area contributed by atoms with Gasteiger partial charge in [0.1, 0.15) is 11.6 Å². The molecule has 0 atom stereocenters. The predicted octanol–water partition coefficient (Wildman–Crippen LogP) is 3.46. The van der Waals surface area contributed by atoms with E-state index in [-0.39, 0.29) is 5.91 Å². The van der Waals surface area contributed by atoms with Crippen LogP contribution in [-0.4, -0.2) is 68.3 Å². The Bertz CT molecular complexity index is 1340. The molecule has 0 saturated carbocycles. The number of amides is 1. The molecule has 0 spiro atoms. The first-order chi connectivity index (χ1) is 16.9. The highest BCUT2D eigenvalue weighted by molar-refractivity contribution is 6.05. The van der Waals surface area contributed by atoms with E-state index in [1.807, 2.05) is 31.4 Å². The highest BCUT2D eigenvalue weighted by Crippen LogP contribution is 2.23. The van der Waals surface area contributed by atoms with E-state index >= 15 is 0 Å². The van der Waals surface area contributed by atoms with E-state index in [4.69, 9.17) is 0 Å². The van der Waals surface area contributed by atoms with Crippen LogP contribution >= 0.6 is 0 Å². The van der Waals surface area contributed by atoms with Gasteiger partial charge in [-0.05, 0) is 35.6 Å². The fourth-order valence-corrected chi connectivity index (χ4v) is 4.41. The first-order valence-electron chi connectivity index (χ1n) is 11.9. The zero-order valence-electron chi connectivity index (χ0n) is 20.3. The lowest BCUT2D eigenvalue weighted by atomic mass is 10.1. The van der Waals surface area contributed by atoms with E-state index in [0.29, 0.717) is 17.3 Å². The molecule has 4 aromatic rings. The molecule has 9 heteroatoms. The third kappa shape index (κ3) is 5.30. The zero-order chi connectivity index (χ0) is 24.4. The van der Waals surface area contributed by atoms with E-state index < -0.39 is 0 Å². The second-order valence-corrected chi connectivity index (χ2v) is 9.43. The molecule has 1 aliphatic heterocycles. The van der Waals surface area contributed by atoms with Crippen molar-refractivity contribution in [3.05, 3.63) is 60.8 Å². The number of piperazine rings is 1. The summed E-state index contributed by atoms with van der Waals surface area (Å²) in [6, 6.07) is 7.44. The van der Waals surface area contributed by atoms with E-state index in [1.165, 1.54) is 0 Å². The number of hydrogen-bond acceptors (Lipinski definition) is 7. The summed E-state index contributed by atoms with van der Waals surface area (Å²) in [5, 5.41) is 8.99. The first kappa shape index (κ1) is 22.9. The van der Waals surface area contributed by atoms with Crippen LogP contribution in [0.1, 0.15) is 24.2 Å². The second-order valence-electron chi connectivity index (χ2n) is 9.43. The van der Waals surface area contributed by atoms with Gasteiger partial charge in [0.25, 0.3) is 5.91 Å². The molecule has 5 heterocycles. The topological polar surface area (TPSA) is 92.1 Å². The average Bonchev–Trinajstić information content (AvgIpc) is 3.30. The third-order valence-corrected chi connectivity index (χ3v) is 6.17. The van der Waals surface area contributed by atoms with Gasteiger partial charge in [0.15, 0.2) is 0 Å². The molecule has 0 aliphatic carbocycles. The fraction of sp³-hybridized carbons (Fsp3) is 0.346. The van der Waals surface area contributed by atoms with Crippen LogP contribution in [0.4, 0.5) is 11.6 Å². The van der Waals surface area contributed by atoms with Crippen LogP contribution in [0.15, 0.2) is 55.2 Å². The number of carbonyl (C=O) groups excluding carboxylic acids is 1. The van der Waals surface area contributed by atoms with Crippen molar-refractivity contribution in [1.29, 1.82) is 0 Å². The number of pyridine rings is 3. The zero-order valence-corrected chi connectivity index (χ0v) is 20.3. The highest BCUT2D eigenvalue weighted by Gasteiger charge is 2.19. The normalized spacial score (nSPS) is 14.6. The SMILES string of the molecule is CC(C)CN1CCN(c2cc(C(=O)Nc3cc4cc(-c5cnn(C)c5)ncc4cn3)ccn2)CC1. The van der Waals surface area contributed by atoms with E-state index in [0.717, 1.165) is 60.6 Å². The number of hydrogen-bond donors (Lipinski definition) is 1. The fourth-order valence-electron chi connectivity index (χ4n) is 4.41. The molecule has 4 aromatic heterocycles. The number of anilines is 2. The number of aromatic nitrogens is 5. The van der Waals surface area contributed by atoms with Gasteiger partial charge in [0.2, 0.25) is 0 Å². The Morgan fingerprint density at radius 3 is 2.54 bits per heavy atom. The summed E-state index contributed by atoms with van der Waals surface area (Å²) in [6.45, 7) is 9.44. The van der Waals surface area contributed by atoms with E-state index in [9.17, 15) is 4.79 Å². The highest BCUT2D eigenvalue weighted by atomic mass is 16.1. The Hall–Kier alpha value is -3.85. The van der Waals surface area contributed by atoms with Crippen molar-refractivity contribution < 1.29 is 4.79 Å². The standard InChI is InChI=1S/C26H30N8O/c1-18(2)16-33-6-8-34(9-7-33)25-12-19(4-5-27-25)26(35)31-24-11-20-10-23(22-15-30-32(3)17-22)28-13-21(20)14-29-24/h4-5,10-15,17-18H,6-9,16H2,1-3H3,(H,29,31,35). The van der Waals surface area contributed by atoms with Gasteiger partial charge in [-0.3, -0.25) is 19.4 Å². The monoisotopic (exact) mass is 470 g/mol. The van der Waals surface area contributed by atoms with Crippen molar-refractivity contribution >= 4 is 28.3 Å². The van der Waals surface area contributed by atoms with Gasteiger partial charge in [0, 0.05) is 81.1 Å². The Morgan fingerprint density at radius 1 is 1.00 bits per heavy atom. The number of rotatable bonds is 6.